The van der Waals surface area contributed by atoms with E-state index in [0.29, 0.717) is 10.8 Å². The second-order valence-corrected chi connectivity index (χ2v) is 10.6. The average molecular weight is 376 g/mol. The first-order valence-corrected chi connectivity index (χ1v) is 11.5. The van der Waals surface area contributed by atoms with Gasteiger partial charge in [-0.1, -0.05) is 65.8 Å². The summed E-state index contributed by atoms with van der Waals surface area (Å²) in [4.78, 5) is 0.582. The zero-order chi connectivity index (χ0) is 19.2. The normalized spacial score (nSPS) is 23.6. The molecule has 0 aliphatic carbocycles. The number of benzene rings is 1. The lowest BCUT2D eigenvalue weighted by molar-refractivity contribution is 0.340. The largest absolute Gasteiger partial charge is 0.244 e. The van der Waals surface area contributed by atoms with Crippen LogP contribution in [0.25, 0.3) is 0 Å². The first-order chi connectivity index (χ1) is 12.1. The number of hydrogen-bond donors (Lipinski definition) is 0. The molecule has 2 atom stereocenters. The maximum atomic E-state index is 13.9. The van der Waals surface area contributed by atoms with Crippen molar-refractivity contribution >= 4 is 10.0 Å². The lowest BCUT2D eigenvalue weighted by Gasteiger charge is -2.33. The average Bonchev–Trinajstić information content (AvgIpc) is 2.84. The fourth-order valence-electron chi connectivity index (χ4n) is 4.35. The van der Waals surface area contributed by atoms with Gasteiger partial charge < -0.3 is 0 Å². The molecule has 144 valence electrons. The number of sulfonamides is 1. The highest BCUT2D eigenvalue weighted by atomic mass is 32.2. The second kappa shape index (κ2) is 7.12. The molecule has 26 heavy (non-hydrogen) atoms. The summed E-state index contributed by atoms with van der Waals surface area (Å²) in [5, 5.41) is 0. The van der Waals surface area contributed by atoms with Crippen LogP contribution in [0.5, 0.6) is 0 Å². The Morgan fingerprint density at radius 3 is 1.96 bits per heavy atom. The monoisotopic (exact) mass is 375 g/mol. The van der Waals surface area contributed by atoms with E-state index in [-0.39, 0.29) is 23.9 Å². The van der Waals surface area contributed by atoms with Crippen LogP contribution in [-0.2, 0) is 10.0 Å². The molecule has 2 aliphatic rings. The second-order valence-electron chi connectivity index (χ2n) is 8.79. The summed E-state index contributed by atoms with van der Waals surface area (Å²) < 4.78 is 29.6. The Labute approximate surface area is 159 Å². The van der Waals surface area contributed by atoms with Gasteiger partial charge in [0.15, 0.2) is 0 Å². The Bertz CT molecular complexity index is 776. The van der Waals surface area contributed by atoms with E-state index in [1.54, 1.807) is 0 Å². The van der Waals surface area contributed by atoms with Gasteiger partial charge in [-0.15, -0.1) is 0 Å². The molecule has 1 fully saturated rings. The van der Waals surface area contributed by atoms with E-state index in [2.05, 4.69) is 65.8 Å². The molecule has 1 aromatic carbocycles. The summed E-state index contributed by atoms with van der Waals surface area (Å²) in [7, 11) is -3.51. The van der Waals surface area contributed by atoms with Crippen molar-refractivity contribution in [2.45, 2.75) is 95.5 Å². The molecule has 0 saturated carbocycles. The molecule has 0 N–H and O–H groups in total. The van der Waals surface area contributed by atoms with Crippen molar-refractivity contribution in [2.75, 3.05) is 0 Å². The van der Waals surface area contributed by atoms with Crippen LogP contribution in [0.3, 0.4) is 0 Å². The van der Waals surface area contributed by atoms with E-state index < -0.39 is 10.0 Å². The highest BCUT2D eigenvalue weighted by molar-refractivity contribution is 7.89. The maximum absolute atomic E-state index is 13.9. The predicted octanol–water partition coefficient (Wildman–Crippen LogP) is 5.54. The zero-order valence-electron chi connectivity index (χ0n) is 17.0. The van der Waals surface area contributed by atoms with Gasteiger partial charge in [0.1, 0.15) is 0 Å². The van der Waals surface area contributed by atoms with Gasteiger partial charge >= 0.3 is 0 Å². The smallest absolute Gasteiger partial charge is 0.207 e. The molecule has 0 aromatic heterocycles. The van der Waals surface area contributed by atoms with Crippen molar-refractivity contribution in [1.29, 1.82) is 0 Å². The molecule has 2 heterocycles. The summed E-state index contributed by atoms with van der Waals surface area (Å²) in [6.07, 6.45) is 7.00. The minimum atomic E-state index is -3.51. The Morgan fingerprint density at radius 2 is 1.50 bits per heavy atom. The van der Waals surface area contributed by atoms with Crippen molar-refractivity contribution in [2.24, 2.45) is 0 Å². The third-order valence-corrected chi connectivity index (χ3v) is 7.98. The van der Waals surface area contributed by atoms with E-state index >= 15 is 0 Å². The van der Waals surface area contributed by atoms with Gasteiger partial charge in [0.2, 0.25) is 10.0 Å². The quantitative estimate of drug-likeness (QED) is 0.634. The molecule has 0 radical (unpaired) electrons. The van der Waals surface area contributed by atoms with Crippen molar-refractivity contribution < 1.29 is 8.42 Å². The summed E-state index contributed by atoms with van der Waals surface area (Å²) in [5.41, 5.74) is 3.19. The number of fused-ring (bicyclic) bond motifs is 2. The fraction of sp³-hybridized carbons (Fsp3) is 0.636. The molecule has 3 rings (SSSR count). The number of rotatable bonds is 5. The summed E-state index contributed by atoms with van der Waals surface area (Å²) in [6.45, 7) is 12.8. The fourth-order valence-corrected chi connectivity index (χ4v) is 6.86. The first kappa shape index (κ1) is 19.6. The third-order valence-electron chi connectivity index (χ3n) is 5.86. The molecule has 2 bridgehead atoms. The Hall–Kier alpha value is -1.13. The van der Waals surface area contributed by atoms with Crippen LogP contribution in [0.4, 0.5) is 0 Å². The number of hydrogen-bond acceptors (Lipinski definition) is 2. The lowest BCUT2D eigenvalue weighted by Crippen LogP contribution is -2.42. The first-order valence-electron chi connectivity index (χ1n) is 10.0. The van der Waals surface area contributed by atoms with E-state index in [0.717, 1.165) is 30.4 Å². The van der Waals surface area contributed by atoms with Gasteiger partial charge in [-0.2, -0.15) is 4.31 Å². The molecule has 4 heteroatoms. The van der Waals surface area contributed by atoms with Crippen molar-refractivity contribution in [3.63, 3.8) is 0 Å². The van der Waals surface area contributed by atoms with E-state index in [1.807, 2.05) is 4.31 Å². The summed E-state index contributed by atoms with van der Waals surface area (Å²) in [6, 6.07) is 4.43. The highest BCUT2D eigenvalue weighted by Gasteiger charge is 2.44. The van der Waals surface area contributed by atoms with Gasteiger partial charge in [0, 0.05) is 12.1 Å². The van der Waals surface area contributed by atoms with Crippen molar-refractivity contribution in [1.82, 2.24) is 4.31 Å². The Balaban J connectivity index is 2.24. The van der Waals surface area contributed by atoms with Crippen LogP contribution in [0, 0.1) is 0 Å². The van der Waals surface area contributed by atoms with Crippen LogP contribution in [0.2, 0.25) is 0 Å². The highest BCUT2D eigenvalue weighted by Crippen LogP contribution is 2.42. The molecule has 0 amide bonds. The summed E-state index contributed by atoms with van der Waals surface area (Å²) >= 11 is 0. The number of nitrogens with zero attached hydrogens (tertiary/aromatic N) is 1. The minimum absolute atomic E-state index is 0.0311. The maximum Gasteiger partial charge on any atom is 0.244 e. The van der Waals surface area contributed by atoms with Gasteiger partial charge in [-0.3, -0.25) is 0 Å². The standard InChI is InChI=1S/C22H33NO2S/c1-14(2)17-12-20(15(3)4)22(21(13-17)16(5)6)26(24,25)23-18-8-7-9-19(23)11-10-18/h7-8,12-16,18-19H,9-11H2,1-6H3. The van der Waals surface area contributed by atoms with Crippen LogP contribution >= 0.6 is 0 Å². The predicted molar refractivity (Wildman–Crippen MR) is 108 cm³/mol. The molecule has 3 nitrogen and oxygen atoms in total. The van der Waals surface area contributed by atoms with E-state index in [4.69, 9.17) is 0 Å². The molecule has 1 saturated heterocycles. The van der Waals surface area contributed by atoms with Crippen LogP contribution in [0.1, 0.15) is 95.2 Å². The molecule has 1 aromatic rings. The lowest BCUT2D eigenvalue weighted by atomic mass is 9.89. The van der Waals surface area contributed by atoms with Gasteiger partial charge in [0.25, 0.3) is 0 Å². The van der Waals surface area contributed by atoms with Crippen molar-refractivity contribution in [3.8, 4) is 0 Å². The van der Waals surface area contributed by atoms with Gasteiger partial charge in [-0.25, -0.2) is 8.42 Å². The van der Waals surface area contributed by atoms with E-state index in [9.17, 15) is 8.42 Å². The van der Waals surface area contributed by atoms with Crippen molar-refractivity contribution in [3.05, 3.63) is 41.0 Å². The van der Waals surface area contributed by atoms with Crippen LogP contribution in [0.15, 0.2) is 29.2 Å². The zero-order valence-corrected chi connectivity index (χ0v) is 17.8. The minimum Gasteiger partial charge on any atom is -0.207 e. The van der Waals surface area contributed by atoms with Gasteiger partial charge in [-0.05, 0) is 53.7 Å². The summed E-state index contributed by atoms with van der Waals surface area (Å²) in [5.74, 6) is 0.735. The van der Waals surface area contributed by atoms with Crippen LogP contribution in [-0.4, -0.2) is 24.8 Å². The van der Waals surface area contributed by atoms with Crippen LogP contribution < -0.4 is 0 Å². The SMILES string of the molecule is CC(C)c1cc(C(C)C)c(S(=O)(=O)N2C3C=CCC2CC3)c(C(C)C)c1. The van der Waals surface area contributed by atoms with Gasteiger partial charge in [0.05, 0.1) is 4.90 Å². The molecule has 2 aliphatic heterocycles. The Kier molecular flexibility index (Phi) is 5.38. The molecule has 2 unspecified atom stereocenters. The molecular formula is C22H33NO2S. The third kappa shape index (κ3) is 3.27. The Morgan fingerprint density at radius 1 is 0.923 bits per heavy atom. The molecular weight excluding hydrogens is 342 g/mol. The molecule has 0 spiro atoms. The topological polar surface area (TPSA) is 37.4 Å². The van der Waals surface area contributed by atoms with E-state index in [1.165, 1.54) is 5.56 Å².